The third-order valence-electron chi connectivity index (χ3n) is 7.62. The molecule has 5 rings (SSSR count). The number of sulfone groups is 1. The summed E-state index contributed by atoms with van der Waals surface area (Å²) in [5.74, 6) is -0.635. The Labute approximate surface area is 254 Å². The van der Waals surface area contributed by atoms with Gasteiger partial charge >= 0.3 is 0 Å². The Bertz CT molecular complexity index is 1770. The smallest absolute Gasteiger partial charge is 0.192 e. The van der Waals surface area contributed by atoms with Crippen molar-refractivity contribution >= 4 is 43.7 Å². The summed E-state index contributed by atoms with van der Waals surface area (Å²) in [5.41, 5.74) is 1.06. The van der Waals surface area contributed by atoms with Crippen molar-refractivity contribution in [1.29, 1.82) is 5.26 Å². The summed E-state index contributed by atoms with van der Waals surface area (Å²) in [6.07, 6.45) is 1.18. The zero-order valence-electron chi connectivity index (χ0n) is 23.7. The van der Waals surface area contributed by atoms with E-state index in [-0.39, 0.29) is 16.6 Å². The van der Waals surface area contributed by atoms with Crippen LogP contribution in [-0.4, -0.2) is 24.7 Å². The van der Waals surface area contributed by atoms with Crippen molar-refractivity contribution in [3.05, 3.63) is 157 Å². The highest BCUT2D eigenvalue weighted by Crippen LogP contribution is 2.47. The molecule has 0 N–H and O–H groups in total. The second kappa shape index (κ2) is 13.7. The highest BCUT2D eigenvalue weighted by atomic mass is 32.2. The van der Waals surface area contributed by atoms with Crippen molar-refractivity contribution in [2.45, 2.75) is 29.4 Å². The molecular formula is C37H32NO3PS. The van der Waals surface area contributed by atoms with Crippen LogP contribution in [0.15, 0.2) is 157 Å². The van der Waals surface area contributed by atoms with Crippen molar-refractivity contribution in [3.63, 3.8) is 0 Å². The first-order valence-corrected chi connectivity index (χ1v) is 17.5. The van der Waals surface area contributed by atoms with Gasteiger partial charge < -0.3 is 0 Å². The molecule has 0 aliphatic carbocycles. The molecule has 6 heteroatoms. The number of benzene rings is 5. The first-order valence-electron chi connectivity index (χ1n) is 14.2. The molecule has 0 saturated carbocycles. The first-order chi connectivity index (χ1) is 21.0. The normalized spacial score (nSPS) is 12.2. The molecule has 0 bridgehead atoms. The zero-order valence-corrected chi connectivity index (χ0v) is 25.4. The zero-order chi connectivity index (χ0) is 30.1. The van der Waals surface area contributed by atoms with Gasteiger partial charge in [0, 0.05) is 0 Å². The number of ketones is 1. The number of carbonyl (C=O) groups is 1. The van der Waals surface area contributed by atoms with Crippen LogP contribution in [0, 0.1) is 11.3 Å². The van der Waals surface area contributed by atoms with Crippen LogP contribution in [0.3, 0.4) is 0 Å². The standard InChI is InChI=1S/C37H32NO3PS/c38-29-35(42(31-20-8-2-9-21-31,32-22-10-3-11-23-32)33-24-12-4-13-25-33)37(39)36(28-16-19-30-17-6-1-7-18-30)43(40,41)34-26-14-5-15-27-34/h1-15,17-18,20-27,36H,16,19,28H2. The summed E-state index contributed by atoms with van der Waals surface area (Å²) < 4.78 is 28.5. The fraction of sp³-hybridized carbons (Fsp3) is 0.108. The van der Waals surface area contributed by atoms with Crippen LogP contribution < -0.4 is 15.9 Å². The summed E-state index contributed by atoms with van der Waals surface area (Å²) in [6, 6.07) is 48.9. The topological polar surface area (TPSA) is 75.0 Å². The van der Waals surface area contributed by atoms with Crippen molar-refractivity contribution in [2.75, 3.05) is 0 Å². The summed E-state index contributed by atoms with van der Waals surface area (Å²) in [4.78, 5) is 15.0. The van der Waals surface area contributed by atoms with Crippen molar-refractivity contribution < 1.29 is 13.2 Å². The summed E-state index contributed by atoms with van der Waals surface area (Å²) in [6.45, 7) is -3.08. The fourth-order valence-corrected chi connectivity index (χ4v) is 11.6. The van der Waals surface area contributed by atoms with Gasteiger partial charge in [0.05, 0.1) is 4.90 Å². The van der Waals surface area contributed by atoms with Gasteiger partial charge in [-0.1, -0.05) is 140 Å². The maximum Gasteiger partial charge on any atom is 0.192 e. The summed E-state index contributed by atoms with van der Waals surface area (Å²) in [5, 5.41) is 12.0. The number of nitriles is 1. The van der Waals surface area contributed by atoms with E-state index in [1.807, 2.05) is 121 Å². The SMILES string of the molecule is N#CC(C(=O)C(CCCc1ccccc1)S(=O)(=O)c1ccccc1)=P(c1ccccc1)(c1ccccc1)c1ccccc1. The second-order valence-electron chi connectivity index (χ2n) is 10.2. The summed E-state index contributed by atoms with van der Waals surface area (Å²) >= 11 is 0. The molecule has 0 amide bonds. The maximum atomic E-state index is 14.9. The lowest BCUT2D eigenvalue weighted by Crippen LogP contribution is -2.40. The number of hydrogen-bond acceptors (Lipinski definition) is 4. The molecule has 0 radical (unpaired) electrons. The number of rotatable bonds is 11. The quantitative estimate of drug-likeness (QED) is 0.171. The molecule has 43 heavy (non-hydrogen) atoms. The lowest BCUT2D eigenvalue weighted by molar-refractivity contribution is -0.112. The molecule has 4 nitrogen and oxygen atoms in total. The van der Waals surface area contributed by atoms with E-state index in [0.29, 0.717) is 12.8 Å². The van der Waals surface area contributed by atoms with Crippen LogP contribution in [0.2, 0.25) is 0 Å². The predicted molar refractivity (Wildman–Crippen MR) is 178 cm³/mol. The fourth-order valence-electron chi connectivity index (χ4n) is 5.58. The molecule has 0 aliphatic heterocycles. The third kappa shape index (κ3) is 6.18. The second-order valence-corrected chi connectivity index (χ2v) is 15.7. The minimum atomic E-state index is -4.12. The molecule has 0 aliphatic rings. The van der Waals surface area contributed by atoms with E-state index in [9.17, 15) is 18.5 Å². The monoisotopic (exact) mass is 601 g/mol. The van der Waals surface area contributed by atoms with E-state index in [1.165, 1.54) is 12.1 Å². The van der Waals surface area contributed by atoms with Gasteiger partial charge in [-0.3, -0.25) is 4.79 Å². The predicted octanol–water partition coefficient (Wildman–Crippen LogP) is 6.11. The Morgan fingerprint density at radius 2 is 1.02 bits per heavy atom. The van der Waals surface area contributed by atoms with Crippen molar-refractivity contribution in [1.82, 2.24) is 0 Å². The summed E-state index contributed by atoms with van der Waals surface area (Å²) in [7, 11) is -4.12. The highest BCUT2D eigenvalue weighted by Gasteiger charge is 2.41. The molecule has 214 valence electrons. The van der Waals surface area contributed by atoms with E-state index in [2.05, 4.69) is 6.07 Å². The lowest BCUT2D eigenvalue weighted by atomic mass is 10.0. The molecule has 0 saturated heterocycles. The third-order valence-corrected chi connectivity index (χ3v) is 14.0. The Morgan fingerprint density at radius 3 is 1.44 bits per heavy atom. The van der Waals surface area contributed by atoms with Crippen LogP contribution in [0.25, 0.3) is 0 Å². The molecular weight excluding hydrogens is 569 g/mol. The molecule has 5 aromatic carbocycles. The molecule has 0 aromatic heterocycles. The average Bonchev–Trinajstić information content (AvgIpc) is 3.07. The Morgan fingerprint density at radius 1 is 0.628 bits per heavy atom. The number of aryl methyl sites for hydroxylation is 1. The minimum Gasteiger partial charge on any atom is -0.292 e. The number of carbonyl (C=O) groups excluding carboxylic acids is 1. The molecule has 0 heterocycles. The molecule has 0 fully saturated rings. The Balaban J connectivity index is 1.78. The van der Waals surface area contributed by atoms with Gasteiger partial charge in [0.25, 0.3) is 0 Å². The first kappa shape index (κ1) is 30.0. The van der Waals surface area contributed by atoms with Crippen LogP contribution in [0.1, 0.15) is 18.4 Å². The van der Waals surface area contributed by atoms with E-state index in [1.54, 1.807) is 18.2 Å². The Hall–Kier alpha value is -4.49. The van der Waals surface area contributed by atoms with Gasteiger partial charge in [-0.2, -0.15) is 5.26 Å². The average molecular weight is 602 g/mol. The molecule has 5 aromatic rings. The van der Waals surface area contributed by atoms with E-state index < -0.39 is 27.8 Å². The molecule has 1 unspecified atom stereocenters. The molecule has 0 spiro atoms. The highest BCUT2D eigenvalue weighted by molar-refractivity contribution is 7.97. The van der Waals surface area contributed by atoms with Crippen molar-refractivity contribution in [2.24, 2.45) is 0 Å². The lowest BCUT2D eigenvalue weighted by Gasteiger charge is -2.31. The van der Waals surface area contributed by atoms with Gasteiger partial charge in [-0.05, 0) is 59.8 Å². The minimum absolute atomic E-state index is 0.0136. The van der Waals surface area contributed by atoms with Gasteiger partial charge in [-0.15, -0.1) is 0 Å². The number of Topliss-reactive ketones (excluding diaryl/α,β-unsaturated/α-hetero) is 1. The van der Waals surface area contributed by atoms with E-state index >= 15 is 0 Å². The molecule has 1 atom stereocenters. The van der Waals surface area contributed by atoms with Crippen LogP contribution >= 0.6 is 6.89 Å². The van der Waals surface area contributed by atoms with Gasteiger partial charge in [0.2, 0.25) is 0 Å². The Kier molecular flexibility index (Phi) is 9.52. The largest absolute Gasteiger partial charge is 0.292 e. The van der Waals surface area contributed by atoms with Crippen molar-refractivity contribution in [3.8, 4) is 6.07 Å². The van der Waals surface area contributed by atoms with Crippen LogP contribution in [-0.2, 0) is 21.1 Å². The maximum absolute atomic E-state index is 14.9. The van der Waals surface area contributed by atoms with Crippen LogP contribution in [0.4, 0.5) is 0 Å². The van der Waals surface area contributed by atoms with Crippen LogP contribution in [0.5, 0.6) is 0 Å². The number of hydrogen-bond donors (Lipinski definition) is 0. The number of nitrogens with zero attached hydrogens (tertiary/aromatic N) is 1. The van der Waals surface area contributed by atoms with Gasteiger partial charge in [0.1, 0.15) is 16.6 Å². The van der Waals surface area contributed by atoms with Gasteiger partial charge in [0.15, 0.2) is 15.6 Å². The van der Waals surface area contributed by atoms with E-state index in [4.69, 9.17) is 0 Å². The van der Waals surface area contributed by atoms with Gasteiger partial charge in [-0.25, -0.2) is 8.42 Å². The van der Waals surface area contributed by atoms with E-state index in [0.717, 1.165) is 21.5 Å².